The zero-order valence-electron chi connectivity index (χ0n) is 18.7. The standard InChI is InChI=1S/C22H24N6O4S/c1-5-28(22(33)32-21(23)30)19-9-8-16(12-24-19)31-15-7-6-13(2)17(11-15)25-20(29)18-10-14(3)26-27(18)4/h6-12H,5H2,1-4H3,(H2,23,30)(H,25,29). The van der Waals surface area contributed by atoms with Crippen molar-refractivity contribution in [2.75, 3.05) is 16.8 Å². The average Bonchev–Trinajstić information content (AvgIpc) is 3.10. The lowest BCUT2D eigenvalue weighted by Crippen LogP contribution is -2.34. The van der Waals surface area contributed by atoms with E-state index in [1.807, 2.05) is 26.8 Å². The first kappa shape index (κ1) is 23.7. The monoisotopic (exact) mass is 468 g/mol. The summed E-state index contributed by atoms with van der Waals surface area (Å²) in [5, 5.41) is 7.01. The predicted molar refractivity (Wildman–Crippen MR) is 128 cm³/mol. The third-order valence-electron chi connectivity index (χ3n) is 4.65. The van der Waals surface area contributed by atoms with Gasteiger partial charge >= 0.3 is 6.09 Å². The first-order valence-electron chi connectivity index (χ1n) is 10.0. The van der Waals surface area contributed by atoms with Crippen LogP contribution in [0.1, 0.15) is 28.7 Å². The summed E-state index contributed by atoms with van der Waals surface area (Å²) in [7, 11) is 1.72. The van der Waals surface area contributed by atoms with Gasteiger partial charge in [0, 0.05) is 25.3 Å². The zero-order chi connectivity index (χ0) is 24.1. The summed E-state index contributed by atoms with van der Waals surface area (Å²) in [6.45, 7) is 5.97. The number of amides is 2. The molecular weight excluding hydrogens is 444 g/mol. The molecule has 3 rings (SSSR count). The fourth-order valence-electron chi connectivity index (χ4n) is 3.06. The first-order chi connectivity index (χ1) is 15.7. The molecule has 3 N–H and O–H groups in total. The topological polar surface area (TPSA) is 125 Å². The van der Waals surface area contributed by atoms with Crippen LogP contribution in [0.5, 0.6) is 11.5 Å². The van der Waals surface area contributed by atoms with Gasteiger partial charge < -0.3 is 20.5 Å². The Hall–Kier alpha value is -3.99. The highest BCUT2D eigenvalue weighted by molar-refractivity contribution is 7.80. The minimum atomic E-state index is -0.987. The molecule has 0 spiro atoms. The second-order valence-electron chi connectivity index (χ2n) is 7.11. The predicted octanol–water partition coefficient (Wildman–Crippen LogP) is 3.68. The Balaban J connectivity index is 1.73. The molecule has 0 bridgehead atoms. The smallest absolute Gasteiger partial charge is 0.411 e. The number of nitrogens with one attached hydrogen (secondary N) is 1. The van der Waals surface area contributed by atoms with E-state index >= 15 is 0 Å². The Labute approximate surface area is 196 Å². The van der Waals surface area contributed by atoms with Gasteiger partial charge in [-0.1, -0.05) is 6.07 Å². The van der Waals surface area contributed by atoms with Gasteiger partial charge in [-0.3, -0.25) is 14.4 Å². The van der Waals surface area contributed by atoms with Crippen molar-refractivity contribution in [3.8, 4) is 11.5 Å². The van der Waals surface area contributed by atoms with Crippen LogP contribution >= 0.6 is 12.2 Å². The van der Waals surface area contributed by atoms with Crippen molar-refractivity contribution >= 4 is 40.9 Å². The number of carbonyl (C=O) groups excluding carboxylic acids is 2. The molecule has 2 heterocycles. The SMILES string of the molecule is CCN(C(=S)OC(N)=O)c1ccc(Oc2ccc(C)c(NC(=O)c3cc(C)nn3C)c2)cn1. The van der Waals surface area contributed by atoms with Crippen molar-refractivity contribution in [3.63, 3.8) is 0 Å². The van der Waals surface area contributed by atoms with Gasteiger partial charge in [0.05, 0.1) is 11.9 Å². The van der Waals surface area contributed by atoms with E-state index in [-0.39, 0.29) is 11.1 Å². The zero-order valence-corrected chi connectivity index (χ0v) is 19.5. The fourth-order valence-corrected chi connectivity index (χ4v) is 3.37. The van der Waals surface area contributed by atoms with Crippen LogP contribution in [0.15, 0.2) is 42.6 Å². The van der Waals surface area contributed by atoms with E-state index in [4.69, 9.17) is 27.4 Å². The van der Waals surface area contributed by atoms with Gasteiger partial charge in [0.15, 0.2) is 0 Å². The van der Waals surface area contributed by atoms with E-state index in [1.165, 1.54) is 15.8 Å². The second-order valence-corrected chi connectivity index (χ2v) is 7.46. The van der Waals surface area contributed by atoms with Crippen LogP contribution in [0, 0.1) is 13.8 Å². The van der Waals surface area contributed by atoms with Gasteiger partial charge in [-0.2, -0.15) is 5.10 Å². The number of aryl methyl sites for hydroxylation is 3. The molecule has 10 nitrogen and oxygen atoms in total. The number of hydrogen-bond acceptors (Lipinski definition) is 7. The van der Waals surface area contributed by atoms with E-state index in [2.05, 4.69) is 15.4 Å². The summed E-state index contributed by atoms with van der Waals surface area (Å²) in [6.07, 6.45) is 0.528. The van der Waals surface area contributed by atoms with Crippen molar-refractivity contribution in [1.29, 1.82) is 0 Å². The lowest BCUT2D eigenvalue weighted by atomic mass is 10.2. The highest BCUT2D eigenvalue weighted by atomic mass is 32.1. The maximum Gasteiger partial charge on any atom is 0.411 e. The third kappa shape index (κ3) is 5.83. The minimum absolute atomic E-state index is 0.0892. The molecule has 0 aliphatic rings. The number of pyridine rings is 1. The molecule has 11 heteroatoms. The molecule has 0 radical (unpaired) electrons. The number of benzene rings is 1. The summed E-state index contributed by atoms with van der Waals surface area (Å²) in [6, 6.07) is 10.5. The molecule has 0 saturated carbocycles. The highest BCUT2D eigenvalue weighted by Crippen LogP contribution is 2.27. The van der Waals surface area contributed by atoms with Crippen LogP contribution < -0.4 is 20.7 Å². The lowest BCUT2D eigenvalue weighted by Gasteiger charge is -2.20. The van der Waals surface area contributed by atoms with Crippen LogP contribution in [-0.2, 0) is 11.8 Å². The Morgan fingerprint density at radius 1 is 1.18 bits per heavy atom. The number of anilines is 2. The molecular formula is C22H24N6O4S. The number of primary amides is 1. The third-order valence-corrected chi connectivity index (χ3v) is 4.95. The van der Waals surface area contributed by atoms with Crippen molar-refractivity contribution in [2.24, 2.45) is 12.8 Å². The fraction of sp³-hybridized carbons (Fsp3) is 0.227. The van der Waals surface area contributed by atoms with Crippen LogP contribution in [0.3, 0.4) is 0 Å². The van der Waals surface area contributed by atoms with E-state index in [1.54, 1.807) is 37.4 Å². The molecule has 0 unspecified atom stereocenters. The molecule has 1 aromatic carbocycles. The van der Waals surface area contributed by atoms with Crippen molar-refractivity contribution < 1.29 is 19.1 Å². The second kappa shape index (κ2) is 10.1. The Morgan fingerprint density at radius 2 is 1.91 bits per heavy atom. The summed E-state index contributed by atoms with van der Waals surface area (Å²) in [4.78, 5) is 29.4. The molecule has 0 fully saturated rings. The molecule has 0 atom stereocenters. The highest BCUT2D eigenvalue weighted by Gasteiger charge is 2.16. The van der Waals surface area contributed by atoms with Crippen molar-refractivity contribution in [3.05, 3.63) is 59.5 Å². The molecule has 3 aromatic rings. The summed E-state index contributed by atoms with van der Waals surface area (Å²) >= 11 is 5.07. The van der Waals surface area contributed by atoms with E-state index in [9.17, 15) is 9.59 Å². The van der Waals surface area contributed by atoms with Gasteiger partial charge in [0.25, 0.3) is 11.1 Å². The van der Waals surface area contributed by atoms with Gasteiger partial charge in [0.2, 0.25) is 0 Å². The van der Waals surface area contributed by atoms with E-state index in [0.29, 0.717) is 35.2 Å². The quantitative estimate of drug-likeness (QED) is 0.525. The maximum absolute atomic E-state index is 12.6. The molecule has 2 aromatic heterocycles. The summed E-state index contributed by atoms with van der Waals surface area (Å²) in [5.41, 5.74) is 7.73. The van der Waals surface area contributed by atoms with Gasteiger partial charge in [-0.15, -0.1) is 0 Å². The number of carbonyl (C=O) groups is 2. The van der Waals surface area contributed by atoms with E-state index in [0.717, 1.165) is 11.3 Å². The molecule has 2 amide bonds. The molecule has 33 heavy (non-hydrogen) atoms. The maximum atomic E-state index is 12.6. The number of thiocarbonyl (C=S) groups is 1. The molecule has 0 aliphatic heterocycles. The summed E-state index contributed by atoms with van der Waals surface area (Å²) < 4.78 is 12.2. The molecule has 0 saturated heterocycles. The minimum Gasteiger partial charge on any atom is -0.456 e. The molecule has 0 aliphatic carbocycles. The van der Waals surface area contributed by atoms with Crippen LogP contribution in [0.4, 0.5) is 16.3 Å². The van der Waals surface area contributed by atoms with Crippen molar-refractivity contribution in [1.82, 2.24) is 14.8 Å². The largest absolute Gasteiger partial charge is 0.456 e. The average molecular weight is 469 g/mol. The van der Waals surface area contributed by atoms with Gasteiger partial charge in [0.1, 0.15) is 23.0 Å². The molecule has 172 valence electrons. The van der Waals surface area contributed by atoms with Gasteiger partial charge in [-0.25, -0.2) is 9.78 Å². The number of rotatable bonds is 6. The lowest BCUT2D eigenvalue weighted by molar-refractivity contribution is 0.101. The Kier molecular flexibility index (Phi) is 7.23. The number of nitrogens with two attached hydrogens (primary N) is 1. The Morgan fingerprint density at radius 3 is 2.48 bits per heavy atom. The number of aromatic nitrogens is 3. The van der Waals surface area contributed by atoms with Crippen LogP contribution in [-0.4, -0.2) is 38.5 Å². The number of hydrogen-bond donors (Lipinski definition) is 2. The van der Waals surface area contributed by atoms with Gasteiger partial charge in [-0.05, 0) is 62.8 Å². The number of nitrogens with zero attached hydrogens (tertiary/aromatic N) is 4. The van der Waals surface area contributed by atoms with E-state index < -0.39 is 6.09 Å². The number of ether oxygens (including phenoxy) is 2. The first-order valence-corrected chi connectivity index (χ1v) is 10.4. The normalized spacial score (nSPS) is 10.4. The van der Waals surface area contributed by atoms with Crippen LogP contribution in [0.25, 0.3) is 0 Å². The van der Waals surface area contributed by atoms with Crippen LogP contribution in [0.2, 0.25) is 0 Å². The Bertz CT molecular complexity index is 1190. The van der Waals surface area contributed by atoms with Crippen molar-refractivity contribution in [2.45, 2.75) is 20.8 Å². The summed E-state index contributed by atoms with van der Waals surface area (Å²) in [5.74, 6) is 1.20.